The molecule has 1 N–H and O–H groups in total. The highest BCUT2D eigenvalue weighted by Crippen LogP contribution is 2.27. The molecule has 1 aliphatic heterocycles. The molecule has 1 atom stereocenters. The Morgan fingerprint density at radius 2 is 2.32 bits per heavy atom. The third-order valence-electron chi connectivity index (χ3n) is 3.55. The van der Waals surface area contributed by atoms with Gasteiger partial charge in [0.2, 0.25) is 5.88 Å². The maximum absolute atomic E-state index is 5.92. The summed E-state index contributed by atoms with van der Waals surface area (Å²) in [5.74, 6) is 0.800. The standard InChI is InChI=1S/C16H20N2O/c1-3-5-12-6-4-7-13-8-14-10-17-9-11(2)19-16(14)18-15(12)13/h4,6-8,11,17H,3,5,9-10H2,1-2H3/t11-/m0/s1. The summed E-state index contributed by atoms with van der Waals surface area (Å²) < 4.78 is 5.92. The number of nitrogens with zero attached hydrogens (tertiary/aromatic N) is 1. The Balaban J connectivity index is 2.14. The molecule has 100 valence electrons. The first kappa shape index (κ1) is 12.4. The van der Waals surface area contributed by atoms with E-state index in [9.17, 15) is 0 Å². The van der Waals surface area contributed by atoms with Crippen molar-refractivity contribution < 1.29 is 4.74 Å². The van der Waals surface area contributed by atoms with Crippen molar-refractivity contribution in [3.63, 3.8) is 0 Å². The number of para-hydroxylation sites is 1. The van der Waals surface area contributed by atoms with Crippen LogP contribution in [0, 0.1) is 0 Å². The van der Waals surface area contributed by atoms with E-state index < -0.39 is 0 Å². The maximum atomic E-state index is 5.92. The first-order valence-corrected chi connectivity index (χ1v) is 7.07. The minimum atomic E-state index is 0.171. The van der Waals surface area contributed by atoms with Crippen molar-refractivity contribution in [2.24, 2.45) is 0 Å². The van der Waals surface area contributed by atoms with Crippen molar-refractivity contribution in [2.75, 3.05) is 6.54 Å². The molecule has 0 bridgehead atoms. The number of hydrogen-bond acceptors (Lipinski definition) is 3. The summed E-state index contributed by atoms with van der Waals surface area (Å²) in [6, 6.07) is 8.64. The number of pyridine rings is 1. The highest BCUT2D eigenvalue weighted by Gasteiger charge is 2.16. The van der Waals surface area contributed by atoms with Crippen LogP contribution in [0.4, 0.5) is 0 Å². The fraction of sp³-hybridized carbons (Fsp3) is 0.438. The first-order valence-electron chi connectivity index (χ1n) is 7.07. The zero-order valence-electron chi connectivity index (χ0n) is 11.6. The van der Waals surface area contributed by atoms with E-state index in [1.807, 2.05) is 0 Å². The summed E-state index contributed by atoms with van der Waals surface area (Å²) in [6.45, 7) is 5.98. The number of fused-ring (bicyclic) bond motifs is 2. The number of aromatic nitrogens is 1. The van der Waals surface area contributed by atoms with Gasteiger partial charge in [-0.3, -0.25) is 0 Å². The fourth-order valence-corrected chi connectivity index (χ4v) is 2.63. The molecular weight excluding hydrogens is 236 g/mol. The van der Waals surface area contributed by atoms with Crippen LogP contribution in [0.15, 0.2) is 24.3 Å². The molecule has 0 aliphatic carbocycles. The van der Waals surface area contributed by atoms with Crippen molar-refractivity contribution in [3.8, 4) is 5.88 Å². The smallest absolute Gasteiger partial charge is 0.218 e. The molecule has 2 aromatic rings. The Morgan fingerprint density at radius 1 is 1.42 bits per heavy atom. The lowest BCUT2D eigenvalue weighted by atomic mass is 10.0. The SMILES string of the molecule is CCCc1cccc2cc3c(nc12)O[C@@H](C)CNC3. The van der Waals surface area contributed by atoms with Crippen LogP contribution < -0.4 is 10.1 Å². The molecule has 3 heteroatoms. The van der Waals surface area contributed by atoms with Gasteiger partial charge in [-0.2, -0.15) is 0 Å². The average Bonchev–Trinajstić information content (AvgIpc) is 2.57. The van der Waals surface area contributed by atoms with Gasteiger partial charge in [0.25, 0.3) is 0 Å². The van der Waals surface area contributed by atoms with Gasteiger partial charge >= 0.3 is 0 Å². The van der Waals surface area contributed by atoms with Crippen LogP contribution in [0.5, 0.6) is 5.88 Å². The molecular formula is C16H20N2O. The van der Waals surface area contributed by atoms with E-state index in [-0.39, 0.29) is 6.10 Å². The lowest BCUT2D eigenvalue weighted by molar-refractivity contribution is 0.218. The van der Waals surface area contributed by atoms with Crippen molar-refractivity contribution in [2.45, 2.75) is 39.3 Å². The van der Waals surface area contributed by atoms with Gasteiger partial charge in [-0.15, -0.1) is 0 Å². The molecule has 0 saturated carbocycles. The Kier molecular flexibility index (Phi) is 3.38. The van der Waals surface area contributed by atoms with Crippen molar-refractivity contribution >= 4 is 10.9 Å². The normalized spacial score (nSPS) is 18.7. The van der Waals surface area contributed by atoms with Crippen molar-refractivity contribution in [1.82, 2.24) is 10.3 Å². The molecule has 19 heavy (non-hydrogen) atoms. The number of rotatable bonds is 2. The first-order chi connectivity index (χ1) is 9.28. The van der Waals surface area contributed by atoms with Gasteiger partial charge in [-0.1, -0.05) is 31.5 Å². The molecule has 0 spiro atoms. The van der Waals surface area contributed by atoms with Crippen molar-refractivity contribution in [1.29, 1.82) is 0 Å². The summed E-state index contributed by atoms with van der Waals surface area (Å²) in [7, 11) is 0. The quantitative estimate of drug-likeness (QED) is 0.896. The topological polar surface area (TPSA) is 34.1 Å². The predicted octanol–water partition coefficient (Wildman–Crippen LogP) is 3.06. The Hall–Kier alpha value is -1.61. The minimum Gasteiger partial charge on any atom is -0.473 e. The molecule has 3 rings (SSSR count). The zero-order valence-corrected chi connectivity index (χ0v) is 11.6. The van der Waals surface area contributed by atoms with Gasteiger partial charge < -0.3 is 10.1 Å². The lowest BCUT2D eigenvalue weighted by Gasteiger charge is -2.13. The second-order valence-corrected chi connectivity index (χ2v) is 5.25. The Morgan fingerprint density at radius 3 is 3.16 bits per heavy atom. The second kappa shape index (κ2) is 5.17. The second-order valence-electron chi connectivity index (χ2n) is 5.25. The predicted molar refractivity (Wildman–Crippen MR) is 77.5 cm³/mol. The van der Waals surface area contributed by atoms with Gasteiger partial charge in [0.15, 0.2) is 0 Å². The Labute approximate surface area is 114 Å². The van der Waals surface area contributed by atoms with E-state index in [1.165, 1.54) is 10.9 Å². The van der Waals surface area contributed by atoms with Crippen LogP contribution in [-0.4, -0.2) is 17.6 Å². The largest absolute Gasteiger partial charge is 0.473 e. The van der Waals surface area contributed by atoms with Crippen LogP contribution in [0.25, 0.3) is 10.9 Å². The molecule has 1 aromatic carbocycles. The highest BCUT2D eigenvalue weighted by molar-refractivity contribution is 5.83. The van der Waals surface area contributed by atoms with Crippen LogP contribution in [-0.2, 0) is 13.0 Å². The molecule has 1 aliphatic rings. The summed E-state index contributed by atoms with van der Waals surface area (Å²) in [5.41, 5.74) is 3.57. The monoisotopic (exact) mass is 256 g/mol. The Bertz CT molecular complexity index is 595. The van der Waals surface area contributed by atoms with Gasteiger partial charge in [0.05, 0.1) is 5.52 Å². The van der Waals surface area contributed by atoms with Gasteiger partial charge in [-0.05, 0) is 25.0 Å². The molecule has 0 amide bonds. The van der Waals surface area contributed by atoms with E-state index in [2.05, 4.69) is 43.4 Å². The van der Waals surface area contributed by atoms with E-state index in [0.717, 1.165) is 42.9 Å². The lowest BCUT2D eigenvalue weighted by Crippen LogP contribution is -2.25. The summed E-state index contributed by atoms with van der Waals surface area (Å²) >= 11 is 0. The fourth-order valence-electron chi connectivity index (χ4n) is 2.63. The van der Waals surface area contributed by atoms with Crippen LogP contribution in [0.2, 0.25) is 0 Å². The van der Waals surface area contributed by atoms with E-state index in [4.69, 9.17) is 9.72 Å². The summed E-state index contributed by atoms with van der Waals surface area (Å²) in [4.78, 5) is 4.78. The van der Waals surface area contributed by atoms with Crippen LogP contribution >= 0.6 is 0 Å². The van der Waals surface area contributed by atoms with Gasteiger partial charge in [-0.25, -0.2) is 4.98 Å². The zero-order chi connectivity index (χ0) is 13.2. The number of aryl methyl sites for hydroxylation is 1. The van der Waals surface area contributed by atoms with Crippen LogP contribution in [0.3, 0.4) is 0 Å². The molecule has 3 nitrogen and oxygen atoms in total. The molecule has 1 aromatic heterocycles. The third-order valence-corrected chi connectivity index (χ3v) is 3.55. The van der Waals surface area contributed by atoms with Crippen LogP contribution in [0.1, 0.15) is 31.4 Å². The third kappa shape index (κ3) is 2.43. The average molecular weight is 256 g/mol. The van der Waals surface area contributed by atoms with Gasteiger partial charge in [0, 0.05) is 24.0 Å². The molecule has 0 radical (unpaired) electrons. The number of hydrogen-bond donors (Lipinski definition) is 1. The summed E-state index contributed by atoms with van der Waals surface area (Å²) in [6.07, 6.45) is 2.37. The summed E-state index contributed by atoms with van der Waals surface area (Å²) in [5, 5.41) is 4.61. The van der Waals surface area contributed by atoms with E-state index in [0.29, 0.717) is 0 Å². The number of ether oxygens (including phenoxy) is 1. The van der Waals surface area contributed by atoms with E-state index in [1.54, 1.807) is 0 Å². The number of benzene rings is 1. The molecule has 0 unspecified atom stereocenters. The minimum absolute atomic E-state index is 0.171. The number of nitrogens with one attached hydrogen (secondary N) is 1. The van der Waals surface area contributed by atoms with Gasteiger partial charge in [0.1, 0.15) is 6.10 Å². The highest BCUT2D eigenvalue weighted by atomic mass is 16.5. The molecule has 2 heterocycles. The molecule has 0 fully saturated rings. The van der Waals surface area contributed by atoms with Crippen molar-refractivity contribution in [3.05, 3.63) is 35.4 Å². The van der Waals surface area contributed by atoms with E-state index >= 15 is 0 Å². The maximum Gasteiger partial charge on any atom is 0.218 e. The molecule has 0 saturated heterocycles.